The molecule has 1 amide bonds. The Balaban J connectivity index is 1.88. The third-order valence-corrected chi connectivity index (χ3v) is 4.44. The fraction of sp³-hybridized carbons (Fsp3) is 0.533. The molecule has 0 radical (unpaired) electrons. The van der Waals surface area contributed by atoms with E-state index < -0.39 is 0 Å². The number of hydrogen-bond donors (Lipinski definition) is 1. The largest absolute Gasteiger partial charge is 0.370 e. The lowest BCUT2D eigenvalue weighted by atomic mass is 9.93. The van der Waals surface area contributed by atoms with Gasteiger partial charge in [0.2, 0.25) is 5.91 Å². The van der Waals surface area contributed by atoms with Crippen LogP contribution < -0.4 is 5.73 Å². The molecule has 0 aromatic heterocycles. The number of halogens is 2. The maximum absolute atomic E-state index is 13.5. The molecule has 0 unspecified atom stereocenters. The van der Waals surface area contributed by atoms with Crippen LogP contribution in [0.25, 0.3) is 0 Å². The van der Waals surface area contributed by atoms with Gasteiger partial charge < -0.3 is 5.73 Å². The van der Waals surface area contributed by atoms with Gasteiger partial charge in [0.05, 0.1) is 4.47 Å². The highest BCUT2D eigenvalue weighted by molar-refractivity contribution is 9.10. The van der Waals surface area contributed by atoms with E-state index in [1.165, 1.54) is 0 Å². The minimum absolute atomic E-state index is 0.218. The van der Waals surface area contributed by atoms with Gasteiger partial charge in [0, 0.05) is 19.5 Å². The molecule has 1 saturated heterocycles. The number of hydrogen-bond acceptors (Lipinski definition) is 2. The summed E-state index contributed by atoms with van der Waals surface area (Å²) in [4.78, 5) is 13.2. The zero-order chi connectivity index (χ0) is 14.5. The van der Waals surface area contributed by atoms with Crippen molar-refractivity contribution in [3.8, 4) is 0 Å². The third-order valence-electron chi connectivity index (χ3n) is 3.79. The van der Waals surface area contributed by atoms with Gasteiger partial charge in [-0.2, -0.15) is 0 Å². The number of likely N-dealkylation sites (tertiary alicyclic amines) is 1. The first kappa shape index (κ1) is 15.4. The van der Waals surface area contributed by atoms with E-state index in [2.05, 4.69) is 20.8 Å². The van der Waals surface area contributed by atoms with Crippen molar-refractivity contribution in [2.24, 2.45) is 11.7 Å². The van der Waals surface area contributed by atoms with E-state index in [-0.39, 0.29) is 11.7 Å². The average molecular weight is 343 g/mol. The summed E-state index contributed by atoms with van der Waals surface area (Å²) in [7, 11) is 0. The lowest BCUT2D eigenvalue weighted by molar-refractivity contribution is -0.118. The summed E-state index contributed by atoms with van der Waals surface area (Å²) in [6, 6.07) is 5.27. The van der Waals surface area contributed by atoms with E-state index in [0.717, 1.165) is 44.5 Å². The molecule has 110 valence electrons. The van der Waals surface area contributed by atoms with Crippen LogP contribution >= 0.6 is 15.9 Å². The molecule has 5 heteroatoms. The molecule has 0 saturated carbocycles. The molecule has 1 aromatic carbocycles. The van der Waals surface area contributed by atoms with Crippen molar-refractivity contribution in [3.63, 3.8) is 0 Å². The summed E-state index contributed by atoms with van der Waals surface area (Å²) in [5, 5.41) is 0. The first-order chi connectivity index (χ1) is 9.54. The number of benzene rings is 1. The lowest BCUT2D eigenvalue weighted by Crippen LogP contribution is -2.35. The van der Waals surface area contributed by atoms with E-state index in [0.29, 0.717) is 16.8 Å². The van der Waals surface area contributed by atoms with Gasteiger partial charge in [-0.3, -0.25) is 9.69 Å². The molecule has 20 heavy (non-hydrogen) atoms. The summed E-state index contributed by atoms with van der Waals surface area (Å²) in [6.45, 7) is 2.76. The first-order valence-corrected chi connectivity index (χ1v) is 7.78. The summed E-state index contributed by atoms with van der Waals surface area (Å²) < 4.78 is 14.0. The van der Waals surface area contributed by atoms with Crippen molar-refractivity contribution in [2.45, 2.75) is 32.2 Å². The lowest BCUT2D eigenvalue weighted by Gasteiger charge is -2.32. The summed E-state index contributed by atoms with van der Waals surface area (Å²) in [5.41, 5.74) is 6.19. The quantitative estimate of drug-likeness (QED) is 0.893. The van der Waals surface area contributed by atoms with Gasteiger partial charge in [0.15, 0.2) is 0 Å². The van der Waals surface area contributed by atoms with Crippen LogP contribution in [0.1, 0.15) is 31.2 Å². The Morgan fingerprint density at radius 3 is 3.00 bits per heavy atom. The fourth-order valence-electron chi connectivity index (χ4n) is 2.77. The van der Waals surface area contributed by atoms with Gasteiger partial charge in [0.25, 0.3) is 0 Å². The topological polar surface area (TPSA) is 46.3 Å². The first-order valence-electron chi connectivity index (χ1n) is 6.99. The summed E-state index contributed by atoms with van der Waals surface area (Å²) in [6.07, 6.45) is 3.60. The average Bonchev–Trinajstić information content (AvgIpc) is 2.41. The number of piperidine rings is 1. The number of carbonyl (C=O) groups excluding carboxylic acids is 1. The van der Waals surface area contributed by atoms with Crippen molar-refractivity contribution in [3.05, 3.63) is 34.1 Å². The number of primary amides is 1. The van der Waals surface area contributed by atoms with Gasteiger partial charge in [-0.25, -0.2) is 4.39 Å². The molecule has 0 spiro atoms. The zero-order valence-electron chi connectivity index (χ0n) is 11.4. The molecule has 0 aliphatic carbocycles. The van der Waals surface area contributed by atoms with Crippen LogP contribution in [-0.2, 0) is 11.3 Å². The maximum atomic E-state index is 13.5. The van der Waals surface area contributed by atoms with Crippen molar-refractivity contribution in [1.29, 1.82) is 0 Å². The van der Waals surface area contributed by atoms with Crippen molar-refractivity contribution in [1.82, 2.24) is 4.90 Å². The van der Waals surface area contributed by atoms with E-state index in [1.807, 2.05) is 6.07 Å². The SMILES string of the molecule is NC(=O)CC[C@H]1CCCN(Cc2ccc(Br)c(F)c2)C1. The monoisotopic (exact) mass is 342 g/mol. The Morgan fingerprint density at radius 2 is 2.30 bits per heavy atom. The molecule has 1 heterocycles. The Bertz CT molecular complexity index is 481. The van der Waals surface area contributed by atoms with Gasteiger partial charge >= 0.3 is 0 Å². The predicted molar refractivity (Wildman–Crippen MR) is 80.5 cm³/mol. The van der Waals surface area contributed by atoms with Crippen molar-refractivity contribution < 1.29 is 9.18 Å². The normalized spacial score (nSPS) is 20.0. The molecule has 1 atom stereocenters. The summed E-state index contributed by atoms with van der Waals surface area (Å²) in [5.74, 6) is 0.0819. The zero-order valence-corrected chi connectivity index (χ0v) is 13.0. The minimum Gasteiger partial charge on any atom is -0.370 e. The van der Waals surface area contributed by atoms with E-state index in [1.54, 1.807) is 12.1 Å². The number of nitrogens with zero attached hydrogens (tertiary/aromatic N) is 1. The van der Waals surface area contributed by atoms with E-state index in [9.17, 15) is 9.18 Å². The van der Waals surface area contributed by atoms with Crippen molar-refractivity contribution in [2.75, 3.05) is 13.1 Å². The Hall–Kier alpha value is -0.940. The molecular formula is C15H20BrFN2O. The number of rotatable bonds is 5. The minimum atomic E-state index is -0.225. The van der Waals surface area contributed by atoms with Crippen LogP contribution in [0.4, 0.5) is 4.39 Å². The van der Waals surface area contributed by atoms with Gasteiger partial charge in [-0.1, -0.05) is 6.07 Å². The highest BCUT2D eigenvalue weighted by Crippen LogP contribution is 2.23. The van der Waals surface area contributed by atoms with Crippen molar-refractivity contribution >= 4 is 21.8 Å². The smallest absolute Gasteiger partial charge is 0.217 e. The highest BCUT2D eigenvalue weighted by atomic mass is 79.9. The summed E-state index contributed by atoms with van der Waals surface area (Å²) >= 11 is 3.17. The van der Waals surface area contributed by atoms with Gasteiger partial charge in [-0.05, 0) is 65.4 Å². The van der Waals surface area contributed by atoms with Crippen LogP contribution in [0, 0.1) is 11.7 Å². The van der Waals surface area contributed by atoms with Crippen LogP contribution in [0.3, 0.4) is 0 Å². The van der Waals surface area contributed by atoms with Crippen LogP contribution in [0.15, 0.2) is 22.7 Å². The molecule has 2 N–H and O–H groups in total. The number of amides is 1. The van der Waals surface area contributed by atoms with E-state index >= 15 is 0 Å². The Morgan fingerprint density at radius 1 is 1.50 bits per heavy atom. The Kier molecular flexibility index (Phi) is 5.54. The van der Waals surface area contributed by atoms with Gasteiger partial charge in [-0.15, -0.1) is 0 Å². The molecule has 2 rings (SSSR count). The molecule has 1 aliphatic rings. The van der Waals surface area contributed by atoms with Crippen LogP contribution in [0.2, 0.25) is 0 Å². The predicted octanol–water partition coefficient (Wildman–Crippen LogP) is 3.07. The Labute approximate surface area is 127 Å². The number of nitrogens with two attached hydrogens (primary N) is 1. The second-order valence-corrected chi connectivity index (χ2v) is 6.35. The molecule has 1 fully saturated rings. The highest BCUT2D eigenvalue weighted by Gasteiger charge is 2.20. The second-order valence-electron chi connectivity index (χ2n) is 5.50. The maximum Gasteiger partial charge on any atom is 0.217 e. The molecular weight excluding hydrogens is 323 g/mol. The fourth-order valence-corrected chi connectivity index (χ4v) is 3.02. The molecule has 0 bridgehead atoms. The molecule has 1 aliphatic heterocycles. The van der Waals surface area contributed by atoms with Crippen LogP contribution in [-0.4, -0.2) is 23.9 Å². The molecule has 1 aromatic rings. The number of carbonyl (C=O) groups is 1. The second kappa shape index (κ2) is 7.18. The standard InChI is InChI=1S/C15H20BrFN2O/c16-13-5-3-12(8-14(13)17)10-19-7-1-2-11(9-19)4-6-15(18)20/h3,5,8,11H,1-2,4,6-7,9-10H2,(H2,18,20)/t11-/m1/s1. The van der Waals surface area contributed by atoms with E-state index in [4.69, 9.17) is 5.73 Å². The van der Waals surface area contributed by atoms with Crippen LogP contribution in [0.5, 0.6) is 0 Å². The van der Waals surface area contributed by atoms with Gasteiger partial charge in [0.1, 0.15) is 5.82 Å². The third kappa shape index (κ3) is 4.56. The molecule has 3 nitrogen and oxygen atoms in total.